The van der Waals surface area contributed by atoms with Crippen molar-refractivity contribution in [3.63, 3.8) is 0 Å². The molecule has 0 aliphatic heterocycles. The van der Waals surface area contributed by atoms with Crippen LogP contribution in [0.25, 0.3) is 0 Å². The van der Waals surface area contributed by atoms with E-state index < -0.39 is 6.61 Å². The third kappa shape index (κ3) is 6.32. The third-order valence-electron chi connectivity index (χ3n) is 2.91. The molecule has 0 aliphatic carbocycles. The van der Waals surface area contributed by atoms with Gasteiger partial charge in [-0.25, -0.2) is 0 Å². The van der Waals surface area contributed by atoms with Crippen LogP contribution in [0.5, 0.6) is 5.75 Å². The summed E-state index contributed by atoms with van der Waals surface area (Å²) in [5.41, 5.74) is 0.553. The van der Waals surface area contributed by atoms with Gasteiger partial charge in [0.15, 0.2) is 5.78 Å². The molecule has 0 aliphatic rings. The quantitative estimate of drug-likeness (QED) is 0.474. The molecule has 0 N–H and O–H groups in total. The highest BCUT2D eigenvalue weighted by Gasteiger charge is 2.07. The summed E-state index contributed by atoms with van der Waals surface area (Å²) in [5, 5.41) is 0. The molecular formula is C15H20F2O2. The largest absolute Gasteiger partial charge is 0.435 e. The molecule has 1 aromatic rings. The maximum Gasteiger partial charge on any atom is 0.387 e. The fourth-order valence-electron chi connectivity index (χ4n) is 1.86. The number of unbranched alkanes of at least 4 members (excludes halogenated alkanes) is 4. The second-order valence-corrected chi connectivity index (χ2v) is 4.49. The van der Waals surface area contributed by atoms with E-state index in [4.69, 9.17) is 0 Å². The first-order chi connectivity index (χ1) is 9.13. The van der Waals surface area contributed by atoms with Crippen molar-refractivity contribution in [1.29, 1.82) is 0 Å². The molecule has 0 heterocycles. The first-order valence-corrected chi connectivity index (χ1v) is 6.71. The van der Waals surface area contributed by atoms with E-state index in [2.05, 4.69) is 11.7 Å². The van der Waals surface area contributed by atoms with Crippen molar-refractivity contribution in [2.75, 3.05) is 0 Å². The number of alkyl halides is 2. The van der Waals surface area contributed by atoms with E-state index in [1.54, 1.807) is 0 Å². The van der Waals surface area contributed by atoms with E-state index in [0.29, 0.717) is 12.0 Å². The minimum absolute atomic E-state index is 0.0556. The molecule has 0 bridgehead atoms. The van der Waals surface area contributed by atoms with Crippen LogP contribution in [0.15, 0.2) is 24.3 Å². The third-order valence-corrected chi connectivity index (χ3v) is 2.91. The summed E-state index contributed by atoms with van der Waals surface area (Å²) in [6.07, 6.45) is 6.00. The van der Waals surface area contributed by atoms with E-state index in [1.165, 1.54) is 37.1 Å². The molecule has 0 spiro atoms. The highest BCUT2D eigenvalue weighted by atomic mass is 19.3. The number of carbonyl (C=O) groups is 1. The lowest BCUT2D eigenvalue weighted by Gasteiger charge is -2.05. The highest BCUT2D eigenvalue weighted by Crippen LogP contribution is 2.17. The molecule has 19 heavy (non-hydrogen) atoms. The summed E-state index contributed by atoms with van der Waals surface area (Å²) in [5.74, 6) is 0.134. The van der Waals surface area contributed by atoms with Crippen LogP contribution in [-0.2, 0) is 0 Å². The molecule has 0 fully saturated rings. The summed E-state index contributed by atoms with van der Waals surface area (Å²) >= 11 is 0. The van der Waals surface area contributed by atoms with Crippen molar-refractivity contribution in [2.45, 2.75) is 52.1 Å². The Kier molecular flexibility index (Phi) is 7.08. The van der Waals surface area contributed by atoms with Crippen molar-refractivity contribution < 1.29 is 18.3 Å². The van der Waals surface area contributed by atoms with Crippen molar-refractivity contribution in [3.05, 3.63) is 29.8 Å². The van der Waals surface area contributed by atoms with Gasteiger partial charge in [0.05, 0.1) is 0 Å². The number of halogens is 2. The second kappa shape index (κ2) is 8.62. The molecule has 2 nitrogen and oxygen atoms in total. The van der Waals surface area contributed by atoms with Gasteiger partial charge in [-0.1, -0.05) is 32.6 Å². The van der Waals surface area contributed by atoms with E-state index in [9.17, 15) is 13.6 Å². The van der Waals surface area contributed by atoms with Gasteiger partial charge in [0, 0.05) is 12.0 Å². The molecule has 0 aromatic heterocycles. The van der Waals surface area contributed by atoms with Crippen molar-refractivity contribution in [3.8, 4) is 5.75 Å². The van der Waals surface area contributed by atoms with Crippen LogP contribution in [0, 0.1) is 0 Å². The number of ether oxygens (including phenoxy) is 1. The van der Waals surface area contributed by atoms with E-state index in [1.807, 2.05) is 0 Å². The van der Waals surface area contributed by atoms with Gasteiger partial charge < -0.3 is 4.74 Å². The Labute approximate surface area is 112 Å². The number of benzene rings is 1. The average molecular weight is 270 g/mol. The predicted molar refractivity (Wildman–Crippen MR) is 70.8 cm³/mol. The summed E-state index contributed by atoms with van der Waals surface area (Å²) in [6.45, 7) is -0.686. The summed E-state index contributed by atoms with van der Waals surface area (Å²) in [6, 6.07) is 5.87. The van der Waals surface area contributed by atoms with Crippen LogP contribution < -0.4 is 4.74 Å². The van der Waals surface area contributed by atoms with Gasteiger partial charge >= 0.3 is 6.61 Å². The standard InChI is InChI=1S/C15H20F2O2/c1-2-3-4-5-6-7-14(18)12-8-10-13(11-9-12)19-15(16)17/h8-11,15H,2-7H2,1H3. The average Bonchev–Trinajstić information content (AvgIpc) is 2.38. The lowest BCUT2D eigenvalue weighted by atomic mass is 10.0. The topological polar surface area (TPSA) is 26.3 Å². The number of hydrogen-bond donors (Lipinski definition) is 0. The zero-order chi connectivity index (χ0) is 14.1. The molecule has 0 unspecified atom stereocenters. The molecule has 0 saturated carbocycles. The van der Waals surface area contributed by atoms with Crippen molar-refractivity contribution in [1.82, 2.24) is 0 Å². The molecule has 4 heteroatoms. The molecule has 0 atom stereocenters. The Morgan fingerprint density at radius 1 is 1.11 bits per heavy atom. The zero-order valence-electron chi connectivity index (χ0n) is 11.2. The lowest BCUT2D eigenvalue weighted by molar-refractivity contribution is -0.0498. The molecule has 106 valence electrons. The van der Waals surface area contributed by atoms with Crippen molar-refractivity contribution >= 4 is 5.78 Å². The van der Waals surface area contributed by atoms with E-state index in [0.717, 1.165) is 19.3 Å². The number of hydrogen-bond acceptors (Lipinski definition) is 2. The van der Waals surface area contributed by atoms with Crippen LogP contribution in [0.2, 0.25) is 0 Å². The first kappa shape index (κ1) is 15.6. The lowest BCUT2D eigenvalue weighted by Crippen LogP contribution is -2.03. The highest BCUT2D eigenvalue weighted by molar-refractivity contribution is 5.96. The van der Waals surface area contributed by atoms with Crippen LogP contribution in [-0.4, -0.2) is 12.4 Å². The number of ketones is 1. The Hall–Kier alpha value is -1.45. The van der Waals surface area contributed by atoms with Gasteiger partial charge in [-0.3, -0.25) is 4.79 Å². The number of Topliss-reactive ketones (excluding diaryl/α,β-unsaturated/α-hetero) is 1. The summed E-state index contributed by atoms with van der Waals surface area (Å²) < 4.78 is 28.1. The Bertz CT molecular complexity index is 374. The van der Waals surface area contributed by atoms with Crippen LogP contribution in [0.3, 0.4) is 0 Å². The summed E-state index contributed by atoms with van der Waals surface area (Å²) in [7, 11) is 0. The Morgan fingerprint density at radius 2 is 1.74 bits per heavy atom. The van der Waals surface area contributed by atoms with E-state index in [-0.39, 0.29) is 11.5 Å². The van der Waals surface area contributed by atoms with Crippen LogP contribution >= 0.6 is 0 Å². The monoisotopic (exact) mass is 270 g/mol. The predicted octanol–water partition coefficient (Wildman–Crippen LogP) is 4.83. The molecule has 0 saturated heterocycles. The Morgan fingerprint density at radius 3 is 2.32 bits per heavy atom. The normalized spacial score (nSPS) is 10.7. The fourth-order valence-corrected chi connectivity index (χ4v) is 1.86. The van der Waals surface area contributed by atoms with Gasteiger partial charge in [0.1, 0.15) is 5.75 Å². The van der Waals surface area contributed by atoms with Crippen molar-refractivity contribution in [2.24, 2.45) is 0 Å². The molecule has 1 rings (SSSR count). The van der Waals surface area contributed by atoms with Gasteiger partial charge in [0.25, 0.3) is 0 Å². The van der Waals surface area contributed by atoms with E-state index >= 15 is 0 Å². The molecule has 0 amide bonds. The summed E-state index contributed by atoms with van der Waals surface area (Å²) in [4.78, 5) is 11.8. The van der Waals surface area contributed by atoms with Gasteiger partial charge in [-0.2, -0.15) is 8.78 Å². The first-order valence-electron chi connectivity index (χ1n) is 6.71. The Balaban J connectivity index is 2.36. The van der Waals surface area contributed by atoms with Crippen LogP contribution in [0.4, 0.5) is 8.78 Å². The smallest absolute Gasteiger partial charge is 0.387 e. The van der Waals surface area contributed by atoms with Gasteiger partial charge in [0.2, 0.25) is 0 Å². The fraction of sp³-hybridized carbons (Fsp3) is 0.533. The minimum atomic E-state index is -2.83. The zero-order valence-corrected chi connectivity index (χ0v) is 11.2. The second-order valence-electron chi connectivity index (χ2n) is 4.49. The molecule has 1 aromatic carbocycles. The maximum absolute atomic E-state index is 12.0. The van der Waals surface area contributed by atoms with Gasteiger partial charge in [-0.05, 0) is 30.7 Å². The maximum atomic E-state index is 12.0. The number of rotatable bonds is 9. The molecular weight excluding hydrogens is 250 g/mol. The number of carbonyl (C=O) groups excluding carboxylic acids is 1. The molecule has 0 radical (unpaired) electrons. The van der Waals surface area contributed by atoms with Crippen LogP contribution in [0.1, 0.15) is 55.8 Å². The van der Waals surface area contributed by atoms with Gasteiger partial charge in [-0.15, -0.1) is 0 Å². The minimum Gasteiger partial charge on any atom is -0.435 e. The SMILES string of the molecule is CCCCCCCC(=O)c1ccc(OC(F)F)cc1.